The Balaban J connectivity index is 1.93. The zero-order chi connectivity index (χ0) is 19.3. The Morgan fingerprint density at radius 3 is 2.15 bits per heavy atom. The number of hydrogen-bond acceptors (Lipinski definition) is 5. The number of likely N-dealkylation sites (tertiary alicyclic amines) is 2. The van der Waals surface area contributed by atoms with Crippen LogP contribution in [0.4, 0.5) is 4.79 Å². The standard InChI is InChI=1S/C19H32N2O5/c1-5-25-17(23)15-9-7-10-20(13-15)16(22)14-8-6-11-21(12-14)18(24)26-19(2,3)4/h14-15H,5-13H2,1-4H3/t14-,15+/m1/s1. The van der Waals surface area contributed by atoms with E-state index in [9.17, 15) is 14.4 Å². The summed E-state index contributed by atoms with van der Waals surface area (Å²) < 4.78 is 10.5. The molecule has 0 aliphatic carbocycles. The molecule has 2 heterocycles. The van der Waals surface area contributed by atoms with E-state index in [4.69, 9.17) is 9.47 Å². The Hall–Kier alpha value is -1.79. The summed E-state index contributed by atoms with van der Waals surface area (Å²) in [5.41, 5.74) is -0.548. The third kappa shape index (κ3) is 5.61. The van der Waals surface area contributed by atoms with Gasteiger partial charge in [0.1, 0.15) is 5.60 Å². The second-order valence-corrected chi connectivity index (χ2v) is 8.14. The molecule has 2 rings (SSSR count). The highest BCUT2D eigenvalue weighted by atomic mass is 16.6. The number of hydrogen-bond donors (Lipinski definition) is 0. The molecule has 148 valence electrons. The van der Waals surface area contributed by atoms with Gasteiger partial charge in [0, 0.05) is 26.2 Å². The third-order valence-corrected chi connectivity index (χ3v) is 4.78. The normalized spacial score (nSPS) is 24.2. The van der Waals surface area contributed by atoms with Crippen molar-refractivity contribution in [3.63, 3.8) is 0 Å². The van der Waals surface area contributed by atoms with Crippen molar-refractivity contribution in [2.24, 2.45) is 11.8 Å². The van der Waals surface area contributed by atoms with E-state index < -0.39 is 5.60 Å². The molecule has 0 aromatic heterocycles. The second kappa shape index (κ2) is 8.73. The second-order valence-electron chi connectivity index (χ2n) is 8.14. The highest BCUT2D eigenvalue weighted by Gasteiger charge is 2.36. The zero-order valence-electron chi connectivity index (χ0n) is 16.5. The maximum atomic E-state index is 12.9. The quantitative estimate of drug-likeness (QED) is 0.715. The van der Waals surface area contributed by atoms with Gasteiger partial charge in [0.25, 0.3) is 0 Å². The van der Waals surface area contributed by atoms with Crippen LogP contribution in [0.1, 0.15) is 53.4 Å². The summed E-state index contributed by atoms with van der Waals surface area (Å²) in [5, 5.41) is 0. The Labute approximate surface area is 156 Å². The minimum Gasteiger partial charge on any atom is -0.466 e. The minimum absolute atomic E-state index is 0.0345. The topological polar surface area (TPSA) is 76.2 Å². The largest absolute Gasteiger partial charge is 0.466 e. The molecule has 7 heteroatoms. The number of piperidine rings is 2. The minimum atomic E-state index is -0.548. The first-order valence-corrected chi connectivity index (χ1v) is 9.64. The Morgan fingerprint density at radius 2 is 1.54 bits per heavy atom. The van der Waals surface area contributed by atoms with Crippen molar-refractivity contribution in [3.05, 3.63) is 0 Å². The maximum absolute atomic E-state index is 12.9. The first-order valence-electron chi connectivity index (χ1n) is 9.64. The van der Waals surface area contributed by atoms with Gasteiger partial charge in [0.2, 0.25) is 5.91 Å². The van der Waals surface area contributed by atoms with Gasteiger partial charge in [-0.15, -0.1) is 0 Å². The van der Waals surface area contributed by atoms with E-state index in [1.807, 2.05) is 20.8 Å². The van der Waals surface area contributed by atoms with Crippen LogP contribution in [0.15, 0.2) is 0 Å². The molecule has 0 radical (unpaired) electrons. The zero-order valence-corrected chi connectivity index (χ0v) is 16.5. The first-order chi connectivity index (χ1) is 12.2. The van der Waals surface area contributed by atoms with Crippen LogP contribution in [0.2, 0.25) is 0 Å². The van der Waals surface area contributed by atoms with Crippen LogP contribution in [0.25, 0.3) is 0 Å². The molecule has 2 atom stereocenters. The summed E-state index contributed by atoms with van der Waals surface area (Å²) in [5.74, 6) is -0.647. The molecule has 2 amide bonds. The summed E-state index contributed by atoms with van der Waals surface area (Å²) in [4.78, 5) is 40.6. The number of nitrogens with zero attached hydrogens (tertiary/aromatic N) is 2. The lowest BCUT2D eigenvalue weighted by atomic mass is 9.93. The molecule has 2 aliphatic rings. The fraction of sp³-hybridized carbons (Fsp3) is 0.842. The van der Waals surface area contributed by atoms with E-state index >= 15 is 0 Å². The van der Waals surface area contributed by atoms with Gasteiger partial charge in [-0.1, -0.05) is 0 Å². The van der Waals surface area contributed by atoms with Crippen LogP contribution in [-0.4, -0.2) is 66.2 Å². The predicted molar refractivity (Wildman–Crippen MR) is 96.5 cm³/mol. The molecule has 0 N–H and O–H groups in total. The number of ether oxygens (including phenoxy) is 2. The third-order valence-electron chi connectivity index (χ3n) is 4.78. The van der Waals surface area contributed by atoms with Crippen LogP contribution in [0, 0.1) is 11.8 Å². The smallest absolute Gasteiger partial charge is 0.410 e. The van der Waals surface area contributed by atoms with E-state index in [1.165, 1.54) is 0 Å². The fourth-order valence-electron chi connectivity index (χ4n) is 3.56. The Morgan fingerprint density at radius 1 is 0.962 bits per heavy atom. The van der Waals surface area contributed by atoms with Crippen molar-refractivity contribution in [2.75, 3.05) is 32.8 Å². The van der Waals surface area contributed by atoms with Gasteiger partial charge in [-0.3, -0.25) is 9.59 Å². The number of carbonyl (C=O) groups excluding carboxylic acids is 3. The van der Waals surface area contributed by atoms with Crippen LogP contribution in [0.5, 0.6) is 0 Å². The fourth-order valence-corrected chi connectivity index (χ4v) is 3.56. The highest BCUT2D eigenvalue weighted by Crippen LogP contribution is 2.25. The van der Waals surface area contributed by atoms with Gasteiger partial charge >= 0.3 is 12.1 Å². The lowest BCUT2D eigenvalue weighted by Gasteiger charge is -2.38. The molecule has 0 bridgehead atoms. The number of amides is 2. The SMILES string of the molecule is CCOC(=O)[C@H]1CCCN(C(=O)[C@@H]2CCCN(C(=O)OC(C)(C)C)C2)C1. The number of carbonyl (C=O) groups is 3. The van der Waals surface area contributed by atoms with Gasteiger partial charge < -0.3 is 19.3 Å². The summed E-state index contributed by atoms with van der Waals surface area (Å²) in [6.07, 6.45) is 2.75. The van der Waals surface area contributed by atoms with Gasteiger partial charge in [-0.2, -0.15) is 0 Å². The van der Waals surface area contributed by atoms with Crippen LogP contribution in [-0.2, 0) is 19.1 Å². The van der Waals surface area contributed by atoms with Crippen LogP contribution < -0.4 is 0 Å². The number of esters is 1. The molecule has 2 saturated heterocycles. The van der Waals surface area contributed by atoms with E-state index in [0.717, 1.165) is 25.7 Å². The monoisotopic (exact) mass is 368 g/mol. The van der Waals surface area contributed by atoms with Crippen LogP contribution >= 0.6 is 0 Å². The summed E-state index contributed by atoms with van der Waals surface area (Å²) >= 11 is 0. The summed E-state index contributed by atoms with van der Waals surface area (Å²) in [7, 11) is 0. The lowest BCUT2D eigenvalue weighted by Crippen LogP contribution is -2.50. The van der Waals surface area contributed by atoms with E-state index in [2.05, 4.69) is 0 Å². The molecule has 2 fully saturated rings. The van der Waals surface area contributed by atoms with Crippen molar-refractivity contribution >= 4 is 18.0 Å². The summed E-state index contributed by atoms with van der Waals surface area (Å²) in [6, 6.07) is 0. The Kier molecular flexibility index (Phi) is 6.89. The van der Waals surface area contributed by atoms with Crippen molar-refractivity contribution in [3.8, 4) is 0 Å². The van der Waals surface area contributed by atoms with Crippen molar-refractivity contribution in [1.29, 1.82) is 0 Å². The molecule has 0 aromatic carbocycles. The van der Waals surface area contributed by atoms with Gasteiger partial charge in [0.05, 0.1) is 18.4 Å². The number of rotatable bonds is 3. The molecule has 2 aliphatic heterocycles. The van der Waals surface area contributed by atoms with Crippen molar-refractivity contribution < 1.29 is 23.9 Å². The lowest BCUT2D eigenvalue weighted by molar-refractivity contribution is -0.152. The average Bonchev–Trinajstić information content (AvgIpc) is 2.60. The highest BCUT2D eigenvalue weighted by molar-refractivity contribution is 5.81. The predicted octanol–water partition coefficient (Wildman–Crippen LogP) is 2.44. The first kappa shape index (κ1) is 20.5. The van der Waals surface area contributed by atoms with Crippen molar-refractivity contribution in [1.82, 2.24) is 9.80 Å². The van der Waals surface area contributed by atoms with Gasteiger partial charge in [0.15, 0.2) is 0 Å². The molecule has 0 unspecified atom stereocenters. The molecule has 7 nitrogen and oxygen atoms in total. The molecule has 0 spiro atoms. The maximum Gasteiger partial charge on any atom is 0.410 e. The van der Waals surface area contributed by atoms with Crippen LogP contribution in [0.3, 0.4) is 0 Å². The van der Waals surface area contributed by atoms with Gasteiger partial charge in [-0.25, -0.2) is 4.79 Å². The Bertz CT molecular complexity index is 529. The van der Waals surface area contributed by atoms with E-state index in [-0.39, 0.29) is 29.8 Å². The molecular formula is C19H32N2O5. The molecule has 0 saturated carbocycles. The van der Waals surface area contributed by atoms with Crippen molar-refractivity contribution in [2.45, 2.75) is 59.0 Å². The van der Waals surface area contributed by atoms with E-state index in [1.54, 1.807) is 16.7 Å². The molecular weight excluding hydrogens is 336 g/mol. The molecule has 0 aromatic rings. The van der Waals surface area contributed by atoms with E-state index in [0.29, 0.717) is 32.8 Å². The van der Waals surface area contributed by atoms with Gasteiger partial charge in [-0.05, 0) is 53.4 Å². The summed E-state index contributed by atoms with van der Waals surface area (Å²) in [6.45, 7) is 9.73. The average molecular weight is 368 g/mol. The molecule has 26 heavy (non-hydrogen) atoms.